The quantitative estimate of drug-likeness (QED) is 0.798. The van der Waals surface area contributed by atoms with E-state index >= 15 is 0 Å². The molecule has 0 bridgehead atoms. The number of anilines is 1. The summed E-state index contributed by atoms with van der Waals surface area (Å²) >= 11 is 7.32. The van der Waals surface area contributed by atoms with Crippen molar-refractivity contribution in [2.24, 2.45) is 0 Å². The number of benzene rings is 1. The van der Waals surface area contributed by atoms with Crippen molar-refractivity contribution < 1.29 is 8.91 Å². The number of aromatic nitrogens is 3. The Bertz CT molecular complexity index is 753. The van der Waals surface area contributed by atoms with Gasteiger partial charge >= 0.3 is 0 Å². The third-order valence-electron chi connectivity index (χ3n) is 2.81. The predicted octanol–water partition coefficient (Wildman–Crippen LogP) is 3.08. The van der Waals surface area contributed by atoms with Gasteiger partial charge in [-0.15, -0.1) is 11.3 Å². The molecule has 0 spiro atoms. The fourth-order valence-corrected chi connectivity index (χ4v) is 2.64. The van der Waals surface area contributed by atoms with Gasteiger partial charge in [-0.05, 0) is 12.1 Å². The van der Waals surface area contributed by atoms with Gasteiger partial charge in [0.05, 0.1) is 12.1 Å². The van der Waals surface area contributed by atoms with Crippen molar-refractivity contribution in [3.63, 3.8) is 0 Å². The van der Waals surface area contributed by atoms with Crippen molar-refractivity contribution >= 4 is 28.1 Å². The topological polar surface area (TPSA) is 77.8 Å². The van der Waals surface area contributed by atoms with Gasteiger partial charge in [-0.1, -0.05) is 22.8 Å². The predicted molar refractivity (Wildman–Crippen MR) is 77.8 cm³/mol. The minimum Gasteiger partial charge on any atom is -0.375 e. The first-order valence-electron chi connectivity index (χ1n) is 6.06. The molecule has 0 unspecified atom stereocenters. The van der Waals surface area contributed by atoms with Crippen LogP contribution in [0.3, 0.4) is 0 Å². The van der Waals surface area contributed by atoms with Crippen molar-refractivity contribution in [1.29, 1.82) is 0 Å². The standard InChI is InChI=1S/C13H10ClFN4OS/c14-9-2-1-3-10(15)8(9)5-11-18-12(20-19-11)4-7-6-21-13(16)17-7/h1-3,6H,4-5H2,(H2,16,17). The Balaban J connectivity index is 1.76. The highest BCUT2D eigenvalue weighted by molar-refractivity contribution is 7.13. The molecule has 0 fully saturated rings. The zero-order chi connectivity index (χ0) is 14.8. The summed E-state index contributed by atoms with van der Waals surface area (Å²) in [5.41, 5.74) is 6.67. The molecular weight excluding hydrogens is 315 g/mol. The second-order valence-corrected chi connectivity index (χ2v) is 5.63. The van der Waals surface area contributed by atoms with Crippen LogP contribution in [0.5, 0.6) is 0 Å². The first-order valence-corrected chi connectivity index (χ1v) is 7.32. The van der Waals surface area contributed by atoms with Gasteiger partial charge in [0.1, 0.15) is 5.82 Å². The molecule has 108 valence electrons. The van der Waals surface area contributed by atoms with Crippen LogP contribution in [0.1, 0.15) is 23.0 Å². The maximum Gasteiger partial charge on any atom is 0.232 e. The van der Waals surface area contributed by atoms with Crippen LogP contribution in [0.15, 0.2) is 28.1 Å². The lowest BCUT2D eigenvalue weighted by atomic mass is 10.1. The molecule has 5 nitrogen and oxygen atoms in total. The molecule has 0 aliphatic carbocycles. The first kappa shape index (κ1) is 14.0. The van der Waals surface area contributed by atoms with Gasteiger partial charge in [-0.3, -0.25) is 0 Å². The second kappa shape index (κ2) is 5.79. The number of rotatable bonds is 4. The Kier molecular flexibility index (Phi) is 3.85. The summed E-state index contributed by atoms with van der Waals surface area (Å²) in [5, 5.41) is 6.49. The molecule has 2 N–H and O–H groups in total. The number of halogens is 2. The molecule has 0 atom stereocenters. The van der Waals surface area contributed by atoms with E-state index in [1.807, 2.05) is 5.38 Å². The van der Waals surface area contributed by atoms with Crippen LogP contribution in [0, 0.1) is 5.82 Å². The van der Waals surface area contributed by atoms with E-state index in [9.17, 15) is 4.39 Å². The van der Waals surface area contributed by atoms with E-state index in [0.717, 1.165) is 5.69 Å². The van der Waals surface area contributed by atoms with Gasteiger partial charge < -0.3 is 10.3 Å². The average molecular weight is 325 g/mol. The summed E-state index contributed by atoms with van der Waals surface area (Å²) < 4.78 is 18.8. The maximum absolute atomic E-state index is 13.7. The van der Waals surface area contributed by atoms with Crippen LogP contribution in [-0.2, 0) is 12.8 Å². The van der Waals surface area contributed by atoms with Crippen molar-refractivity contribution in [3.8, 4) is 0 Å². The lowest BCUT2D eigenvalue weighted by Crippen LogP contribution is -1.96. The SMILES string of the molecule is Nc1nc(Cc2nc(Cc3c(F)cccc3Cl)no2)cs1. The molecule has 21 heavy (non-hydrogen) atoms. The van der Waals surface area contributed by atoms with Crippen LogP contribution in [0.2, 0.25) is 5.02 Å². The fourth-order valence-electron chi connectivity index (χ4n) is 1.85. The third kappa shape index (κ3) is 3.20. The summed E-state index contributed by atoms with van der Waals surface area (Å²) in [6, 6.07) is 4.52. The number of nitrogens with two attached hydrogens (primary N) is 1. The summed E-state index contributed by atoms with van der Waals surface area (Å²) in [5.74, 6) is 0.393. The van der Waals surface area contributed by atoms with Crippen molar-refractivity contribution in [2.75, 3.05) is 5.73 Å². The highest BCUT2D eigenvalue weighted by Gasteiger charge is 2.13. The number of hydrogen-bond donors (Lipinski definition) is 1. The molecule has 3 aromatic rings. The van der Waals surface area contributed by atoms with E-state index < -0.39 is 0 Å². The van der Waals surface area contributed by atoms with Crippen LogP contribution in [0.4, 0.5) is 9.52 Å². The Hall–Kier alpha value is -1.99. The fraction of sp³-hybridized carbons (Fsp3) is 0.154. The molecule has 0 amide bonds. The molecule has 0 saturated carbocycles. The Morgan fingerprint density at radius 1 is 1.29 bits per heavy atom. The second-order valence-electron chi connectivity index (χ2n) is 4.34. The minimum absolute atomic E-state index is 0.175. The number of nitrogen functional groups attached to an aromatic ring is 1. The molecule has 1 aromatic carbocycles. The molecule has 2 heterocycles. The third-order valence-corrected chi connectivity index (χ3v) is 3.89. The molecule has 0 aliphatic rings. The van der Waals surface area contributed by atoms with Gasteiger partial charge in [0.2, 0.25) is 5.89 Å². The van der Waals surface area contributed by atoms with Crippen LogP contribution >= 0.6 is 22.9 Å². The van der Waals surface area contributed by atoms with Gasteiger partial charge in [-0.2, -0.15) is 4.98 Å². The van der Waals surface area contributed by atoms with Crippen molar-refractivity contribution in [2.45, 2.75) is 12.8 Å². The minimum atomic E-state index is -0.388. The van der Waals surface area contributed by atoms with Crippen LogP contribution in [0.25, 0.3) is 0 Å². The molecular formula is C13H10ClFN4OS. The van der Waals surface area contributed by atoms with E-state index in [2.05, 4.69) is 15.1 Å². The summed E-state index contributed by atoms with van der Waals surface area (Å²) in [4.78, 5) is 8.33. The maximum atomic E-state index is 13.7. The van der Waals surface area contributed by atoms with Gasteiger partial charge in [0.25, 0.3) is 0 Å². The van der Waals surface area contributed by atoms with Gasteiger partial charge in [0, 0.05) is 22.4 Å². The lowest BCUT2D eigenvalue weighted by molar-refractivity contribution is 0.379. The molecule has 0 aliphatic heterocycles. The van der Waals surface area contributed by atoms with Crippen molar-refractivity contribution in [3.05, 3.63) is 57.4 Å². The highest BCUT2D eigenvalue weighted by Crippen LogP contribution is 2.21. The van der Waals surface area contributed by atoms with Gasteiger partial charge in [0.15, 0.2) is 11.0 Å². The van der Waals surface area contributed by atoms with E-state index in [-0.39, 0.29) is 12.2 Å². The van der Waals surface area contributed by atoms with E-state index in [4.69, 9.17) is 21.9 Å². The molecule has 2 aromatic heterocycles. The molecule has 3 rings (SSSR count). The van der Waals surface area contributed by atoms with E-state index in [1.54, 1.807) is 12.1 Å². The van der Waals surface area contributed by atoms with Gasteiger partial charge in [-0.25, -0.2) is 9.37 Å². The smallest absolute Gasteiger partial charge is 0.232 e. The lowest BCUT2D eigenvalue weighted by Gasteiger charge is -2.01. The largest absolute Gasteiger partial charge is 0.375 e. The molecule has 0 radical (unpaired) electrons. The summed E-state index contributed by atoms with van der Waals surface area (Å²) in [7, 11) is 0. The van der Waals surface area contributed by atoms with E-state index in [0.29, 0.717) is 33.9 Å². The van der Waals surface area contributed by atoms with Crippen LogP contribution < -0.4 is 5.73 Å². The van der Waals surface area contributed by atoms with Crippen molar-refractivity contribution in [1.82, 2.24) is 15.1 Å². The summed E-state index contributed by atoms with van der Waals surface area (Å²) in [6.45, 7) is 0. The number of thiazole rings is 1. The average Bonchev–Trinajstić information content (AvgIpc) is 3.04. The summed E-state index contributed by atoms with van der Waals surface area (Å²) in [6.07, 6.45) is 0.569. The molecule has 0 saturated heterocycles. The Morgan fingerprint density at radius 3 is 2.86 bits per heavy atom. The number of hydrogen-bond acceptors (Lipinski definition) is 6. The van der Waals surface area contributed by atoms with Crippen LogP contribution in [-0.4, -0.2) is 15.1 Å². The Morgan fingerprint density at radius 2 is 2.14 bits per heavy atom. The highest BCUT2D eigenvalue weighted by atomic mass is 35.5. The normalized spacial score (nSPS) is 11.0. The monoisotopic (exact) mass is 324 g/mol. The molecule has 8 heteroatoms. The zero-order valence-electron chi connectivity index (χ0n) is 10.7. The van der Waals surface area contributed by atoms with E-state index in [1.165, 1.54) is 17.4 Å². The Labute approximate surface area is 128 Å². The zero-order valence-corrected chi connectivity index (χ0v) is 12.3. The number of nitrogens with zero attached hydrogens (tertiary/aromatic N) is 3. The first-order chi connectivity index (χ1) is 10.1.